The van der Waals surface area contributed by atoms with Crippen LogP contribution >= 0.6 is 0 Å². The molecule has 0 saturated carbocycles. The molecule has 28 heavy (non-hydrogen) atoms. The molecule has 1 N–H and O–H groups in total. The molecule has 6 nitrogen and oxygen atoms in total. The van der Waals surface area contributed by atoms with E-state index in [1.807, 2.05) is 13.8 Å². The Labute approximate surface area is 167 Å². The third-order valence-electron chi connectivity index (χ3n) is 5.47. The first kappa shape index (κ1) is 20.6. The van der Waals surface area contributed by atoms with Gasteiger partial charge in [-0.15, -0.1) is 0 Å². The highest BCUT2D eigenvalue weighted by Crippen LogP contribution is 2.14. The number of benzene rings is 1. The van der Waals surface area contributed by atoms with Gasteiger partial charge in [0.25, 0.3) is 0 Å². The molecule has 1 aliphatic rings. The van der Waals surface area contributed by atoms with E-state index in [-0.39, 0.29) is 5.91 Å². The second kappa shape index (κ2) is 10.4. The number of hydrogen-bond donors (Lipinski definition) is 1. The molecule has 2 heterocycles. The molecule has 1 amide bonds. The standard InChI is InChI=1S/C22H32N4O2/c1-18-21(19(2)28-24-18)9-10-22(27)23-11-6-12-25-13-15-26(16-14-25)17-20-7-4-3-5-8-20/h3-5,7-8H,6,9-17H2,1-2H3,(H,23,27). The van der Waals surface area contributed by atoms with Crippen LogP contribution in [0.2, 0.25) is 0 Å². The third kappa shape index (κ3) is 6.17. The van der Waals surface area contributed by atoms with E-state index in [1.165, 1.54) is 5.56 Å². The van der Waals surface area contributed by atoms with E-state index in [9.17, 15) is 4.79 Å². The van der Waals surface area contributed by atoms with Crippen LogP contribution in [0.4, 0.5) is 0 Å². The Bertz CT molecular complexity index is 717. The van der Waals surface area contributed by atoms with Crippen LogP contribution in [0, 0.1) is 13.8 Å². The molecule has 1 aromatic carbocycles. The molecule has 1 aliphatic heterocycles. The number of carbonyl (C=O) groups is 1. The molecular weight excluding hydrogens is 352 g/mol. The Morgan fingerprint density at radius 3 is 2.50 bits per heavy atom. The van der Waals surface area contributed by atoms with Gasteiger partial charge in [-0.25, -0.2) is 0 Å². The summed E-state index contributed by atoms with van der Waals surface area (Å²) in [7, 11) is 0. The Morgan fingerprint density at radius 1 is 1.11 bits per heavy atom. The zero-order valence-electron chi connectivity index (χ0n) is 17.1. The summed E-state index contributed by atoms with van der Waals surface area (Å²) in [5.41, 5.74) is 3.33. The van der Waals surface area contributed by atoms with E-state index >= 15 is 0 Å². The summed E-state index contributed by atoms with van der Waals surface area (Å²) < 4.78 is 5.14. The molecule has 0 aliphatic carbocycles. The number of rotatable bonds is 9. The molecule has 0 radical (unpaired) electrons. The Kier molecular flexibility index (Phi) is 7.62. The monoisotopic (exact) mass is 384 g/mol. The fraction of sp³-hybridized carbons (Fsp3) is 0.545. The van der Waals surface area contributed by atoms with Crippen LogP contribution in [0.1, 0.15) is 35.4 Å². The number of nitrogens with one attached hydrogen (secondary N) is 1. The highest BCUT2D eigenvalue weighted by Gasteiger charge is 2.16. The highest BCUT2D eigenvalue weighted by molar-refractivity contribution is 5.76. The van der Waals surface area contributed by atoms with Gasteiger partial charge >= 0.3 is 0 Å². The van der Waals surface area contributed by atoms with Crippen LogP contribution in [0.3, 0.4) is 0 Å². The van der Waals surface area contributed by atoms with E-state index in [2.05, 4.69) is 50.6 Å². The number of nitrogens with zero attached hydrogens (tertiary/aromatic N) is 3. The molecule has 1 saturated heterocycles. The summed E-state index contributed by atoms with van der Waals surface area (Å²) >= 11 is 0. The number of piperazine rings is 1. The van der Waals surface area contributed by atoms with Gasteiger partial charge in [-0.1, -0.05) is 35.5 Å². The zero-order chi connectivity index (χ0) is 19.8. The maximum Gasteiger partial charge on any atom is 0.220 e. The first-order valence-corrected chi connectivity index (χ1v) is 10.3. The molecule has 0 atom stereocenters. The van der Waals surface area contributed by atoms with E-state index in [0.29, 0.717) is 12.8 Å². The summed E-state index contributed by atoms with van der Waals surface area (Å²) in [6.07, 6.45) is 2.17. The summed E-state index contributed by atoms with van der Waals surface area (Å²) in [5, 5.41) is 6.97. The van der Waals surface area contributed by atoms with Crippen LogP contribution in [-0.4, -0.2) is 60.1 Å². The van der Waals surface area contributed by atoms with Gasteiger partial charge in [0.15, 0.2) is 0 Å². The Hall–Kier alpha value is -2.18. The van der Waals surface area contributed by atoms with Gasteiger partial charge < -0.3 is 14.7 Å². The van der Waals surface area contributed by atoms with Gasteiger partial charge in [0.1, 0.15) is 5.76 Å². The van der Waals surface area contributed by atoms with Crippen molar-refractivity contribution in [2.75, 3.05) is 39.3 Å². The summed E-state index contributed by atoms with van der Waals surface area (Å²) in [5.74, 6) is 0.921. The predicted molar refractivity (Wildman–Crippen MR) is 110 cm³/mol. The van der Waals surface area contributed by atoms with Crippen molar-refractivity contribution in [3.05, 3.63) is 52.9 Å². The number of hydrogen-bond acceptors (Lipinski definition) is 5. The van der Waals surface area contributed by atoms with Crippen molar-refractivity contribution >= 4 is 5.91 Å². The van der Waals surface area contributed by atoms with Crippen molar-refractivity contribution in [2.45, 2.75) is 39.7 Å². The normalized spacial score (nSPS) is 15.6. The van der Waals surface area contributed by atoms with Crippen LogP contribution < -0.4 is 5.32 Å². The Balaban J connectivity index is 1.25. The zero-order valence-corrected chi connectivity index (χ0v) is 17.1. The number of amides is 1. The lowest BCUT2D eigenvalue weighted by Gasteiger charge is -2.34. The van der Waals surface area contributed by atoms with Crippen molar-refractivity contribution in [3.63, 3.8) is 0 Å². The molecule has 6 heteroatoms. The maximum absolute atomic E-state index is 12.0. The molecule has 3 rings (SSSR count). The molecule has 2 aromatic rings. The van der Waals surface area contributed by atoms with Crippen molar-refractivity contribution in [2.24, 2.45) is 0 Å². The molecule has 1 fully saturated rings. The smallest absolute Gasteiger partial charge is 0.220 e. The number of carbonyl (C=O) groups excluding carboxylic acids is 1. The van der Waals surface area contributed by atoms with E-state index in [0.717, 1.165) is 69.3 Å². The van der Waals surface area contributed by atoms with Gasteiger partial charge in [-0.2, -0.15) is 0 Å². The lowest BCUT2D eigenvalue weighted by molar-refractivity contribution is -0.121. The fourth-order valence-corrected chi connectivity index (χ4v) is 3.73. The molecular formula is C22H32N4O2. The molecule has 152 valence electrons. The molecule has 0 bridgehead atoms. The van der Waals surface area contributed by atoms with Crippen molar-refractivity contribution < 1.29 is 9.32 Å². The topological polar surface area (TPSA) is 61.6 Å². The summed E-state index contributed by atoms with van der Waals surface area (Å²) in [6.45, 7) is 11.1. The minimum absolute atomic E-state index is 0.104. The second-order valence-corrected chi connectivity index (χ2v) is 7.61. The molecule has 0 spiro atoms. The molecule has 1 aromatic heterocycles. The van der Waals surface area contributed by atoms with Gasteiger partial charge in [0.05, 0.1) is 5.69 Å². The van der Waals surface area contributed by atoms with E-state index < -0.39 is 0 Å². The largest absolute Gasteiger partial charge is 0.361 e. The van der Waals surface area contributed by atoms with E-state index in [4.69, 9.17) is 4.52 Å². The van der Waals surface area contributed by atoms with Crippen molar-refractivity contribution in [3.8, 4) is 0 Å². The second-order valence-electron chi connectivity index (χ2n) is 7.61. The Morgan fingerprint density at radius 2 is 1.82 bits per heavy atom. The quantitative estimate of drug-likeness (QED) is 0.673. The van der Waals surface area contributed by atoms with Crippen LogP contribution in [0.15, 0.2) is 34.9 Å². The third-order valence-corrected chi connectivity index (χ3v) is 5.47. The number of aromatic nitrogens is 1. The van der Waals surface area contributed by atoms with Crippen molar-refractivity contribution in [1.82, 2.24) is 20.3 Å². The van der Waals surface area contributed by atoms with Crippen LogP contribution in [-0.2, 0) is 17.8 Å². The van der Waals surface area contributed by atoms with Crippen LogP contribution in [0.25, 0.3) is 0 Å². The van der Waals surface area contributed by atoms with Gasteiger partial charge in [0.2, 0.25) is 5.91 Å². The maximum atomic E-state index is 12.0. The average molecular weight is 385 g/mol. The fourth-order valence-electron chi connectivity index (χ4n) is 3.73. The minimum Gasteiger partial charge on any atom is -0.361 e. The highest BCUT2D eigenvalue weighted by atomic mass is 16.5. The lowest BCUT2D eigenvalue weighted by Crippen LogP contribution is -2.46. The van der Waals surface area contributed by atoms with Gasteiger partial charge in [-0.05, 0) is 38.8 Å². The summed E-state index contributed by atoms with van der Waals surface area (Å²) in [4.78, 5) is 17.1. The SMILES string of the molecule is Cc1noc(C)c1CCC(=O)NCCCN1CCN(Cc2ccccc2)CC1. The van der Waals surface area contributed by atoms with Gasteiger partial charge in [-0.3, -0.25) is 9.69 Å². The predicted octanol–water partition coefficient (Wildman–Crippen LogP) is 2.55. The lowest BCUT2D eigenvalue weighted by atomic mass is 10.1. The average Bonchev–Trinajstić information content (AvgIpc) is 3.03. The van der Waals surface area contributed by atoms with Crippen LogP contribution in [0.5, 0.6) is 0 Å². The minimum atomic E-state index is 0.104. The molecule has 0 unspecified atom stereocenters. The first-order chi connectivity index (χ1) is 13.6. The van der Waals surface area contributed by atoms with E-state index in [1.54, 1.807) is 0 Å². The van der Waals surface area contributed by atoms with Gasteiger partial charge in [0, 0.05) is 51.3 Å². The number of aryl methyl sites for hydroxylation is 2. The van der Waals surface area contributed by atoms with Crippen molar-refractivity contribution in [1.29, 1.82) is 0 Å². The summed E-state index contributed by atoms with van der Waals surface area (Å²) in [6, 6.07) is 10.7. The first-order valence-electron chi connectivity index (χ1n) is 10.3.